The maximum absolute atomic E-state index is 9.93. The van der Waals surface area contributed by atoms with Crippen LogP contribution in [0.3, 0.4) is 0 Å². The summed E-state index contributed by atoms with van der Waals surface area (Å²) in [6.07, 6.45) is 0.553. The molecule has 0 heterocycles. The molecular weight excluding hydrogens is 195 g/mol. The van der Waals surface area contributed by atoms with Crippen molar-refractivity contribution in [1.82, 2.24) is 0 Å². The molecule has 0 fully saturated rings. The number of carbonyl (C=O) groups is 1. The van der Waals surface area contributed by atoms with Gasteiger partial charge in [0.2, 0.25) is 0 Å². The molecule has 5 nitrogen and oxygen atoms in total. The second-order valence-electron chi connectivity index (χ2n) is 2.31. The van der Waals surface area contributed by atoms with Gasteiger partial charge in [-0.15, -0.1) is 0 Å². The average Bonchev–Trinajstić information content (AvgIpc) is 1.84. The van der Waals surface area contributed by atoms with Crippen LogP contribution in [0.4, 0.5) is 0 Å². The fraction of sp³-hybridized carbons (Fsp3) is 0.857. The molecule has 13 heavy (non-hydrogen) atoms. The topological polar surface area (TPSA) is 83.8 Å². The lowest BCUT2D eigenvalue weighted by Crippen LogP contribution is -1.95. The Morgan fingerprint density at radius 1 is 1.38 bits per heavy atom. The first-order chi connectivity index (χ1) is 5.83. The van der Waals surface area contributed by atoms with Gasteiger partial charge in [-0.3, -0.25) is 9.36 Å². The van der Waals surface area contributed by atoms with Gasteiger partial charge in [0.1, 0.15) is 0 Å². The van der Waals surface area contributed by atoms with Crippen LogP contribution in [0.25, 0.3) is 0 Å². The van der Waals surface area contributed by atoms with E-state index in [1.165, 1.54) is 6.92 Å². The third-order valence-corrected chi connectivity index (χ3v) is 1.89. The van der Waals surface area contributed by atoms with E-state index in [2.05, 4.69) is 4.74 Å². The molecule has 0 aliphatic rings. The van der Waals surface area contributed by atoms with Gasteiger partial charge in [0.05, 0.1) is 6.61 Å². The summed E-state index contributed by atoms with van der Waals surface area (Å²) in [6.45, 7) is 5.39. The van der Waals surface area contributed by atoms with E-state index in [0.717, 1.165) is 0 Å². The van der Waals surface area contributed by atoms with E-state index in [4.69, 9.17) is 9.79 Å². The largest absolute Gasteiger partial charge is 0.466 e. The van der Waals surface area contributed by atoms with Crippen LogP contribution in [0.15, 0.2) is 0 Å². The number of rotatable bonds is 3. The van der Waals surface area contributed by atoms with Gasteiger partial charge in [-0.2, -0.15) is 0 Å². The lowest BCUT2D eigenvalue weighted by molar-refractivity contribution is -0.140. The first-order valence-electron chi connectivity index (χ1n) is 4.01. The zero-order valence-electron chi connectivity index (χ0n) is 8.19. The Morgan fingerprint density at radius 3 is 1.85 bits per heavy atom. The SMILES string of the molecule is CCCP(=O)(O)O.CCOC(C)=O. The molecule has 0 aliphatic heterocycles. The highest BCUT2D eigenvalue weighted by Gasteiger charge is 2.08. The minimum absolute atomic E-state index is 0.00694. The monoisotopic (exact) mass is 212 g/mol. The van der Waals surface area contributed by atoms with Crippen LogP contribution in [0.2, 0.25) is 0 Å². The predicted octanol–water partition coefficient (Wildman–Crippen LogP) is 1.14. The van der Waals surface area contributed by atoms with Gasteiger partial charge in [-0.05, 0) is 13.3 Å². The normalized spacial score (nSPS) is 9.92. The molecule has 0 atom stereocenters. The number of esters is 1. The van der Waals surface area contributed by atoms with E-state index in [1.807, 2.05) is 0 Å². The summed E-state index contributed by atoms with van der Waals surface area (Å²) in [5, 5.41) is 0. The standard InChI is InChI=1S/C4H8O2.C3H9O3P/c1-3-6-4(2)5;1-2-3-7(4,5)6/h3H2,1-2H3;2-3H2,1H3,(H2,4,5,6). The number of hydrogen-bond acceptors (Lipinski definition) is 3. The zero-order valence-corrected chi connectivity index (χ0v) is 9.08. The number of hydrogen-bond donors (Lipinski definition) is 2. The number of ether oxygens (including phenoxy) is 1. The molecule has 0 saturated heterocycles. The van der Waals surface area contributed by atoms with E-state index in [0.29, 0.717) is 13.0 Å². The minimum atomic E-state index is -3.67. The lowest BCUT2D eigenvalue weighted by atomic mass is 10.6. The smallest absolute Gasteiger partial charge is 0.325 e. The van der Waals surface area contributed by atoms with Crippen molar-refractivity contribution < 1.29 is 23.9 Å². The van der Waals surface area contributed by atoms with Crippen LogP contribution in [0, 0.1) is 0 Å². The molecule has 0 aromatic carbocycles. The van der Waals surface area contributed by atoms with Gasteiger partial charge in [0.15, 0.2) is 0 Å². The maximum atomic E-state index is 9.93. The molecular formula is C7H17O5P. The average molecular weight is 212 g/mol. The third kappa shape index (κ3) is 24.5. The van der Waals surface area contributed by atoms with E-state index in [9.17, 15) is 9.36 Å². The summed E-state index contributed by atoms with van der Waals surface area (Å²) < 4.78 is 14.3. The van der Waals surface area contributed by atoms with Gasteiger partial charge < -0.3 is 14.5 Å². The Kier molecular flexibility index (Phi) is 9.56. The maximum Gasteiger partial charge on any atom is 0.325 e. The number of carbonyl (C=O) groups excluding carboxylic acids is 1. The quantitative estimate of drug-likeness (QED) is 0.541. The van der Waals surface area contributed by atoms with E-state index < -0.39 is 7.60 Å². The van der Waals surface area contributed by atoms with Gasteiger partial charge in [-0.25, -0.2) is 0 Å². The highest BCUT2D eigenvalue weighted by molar-refractivity contribution is 7.51. The molecule has 0 aromatic heterocycles. The van der Waals surface area contributed by atoms with Crippen LogP contribution in [0.5, 0.6) is 0 Å². The van der Waals surface area contributed by atoms with Crippen molar-refractivity contribution in [1.29, 1.82) is 0 Å². The predicted molar refractivity (Wildman–Crippen MR) is 49.5 cm³/mol. The van der Waals surface area contributed by atoms with Gasteiger partial charge in [0.25, 0.3) is 0 Å². The minimum Gasteiger partial charge on any atom is -0.466 e. The molecule has 0 rings (SSSR count). The van der Waals surface area contributed by atoms with Crippen molar-refractivity contribution in [3.8, 4) is 0 Å². The molecule has 6 heteroatoms. The summed E-state index contributed by atoms with van der Waals surface area (Å²) in [4.78, 5) is 26.1. The lowest BCUT2D eigenvalue weighted by Gasteiger charge is -1.96. The molecule has 0 aromatic rings. The van der Waals surface area contributed by atoms with Gasteiger partial charge in [-0.1, -0.05) is 6.92 Å². The molecule has 0 saturated carbocycles. The van der Waals surface area contributed by atoms with E-state index in [-0.39, 0.29) is 12.1 Å². The Hall–Kier alpha value is -0.380. The molecule has 2 N–H and O–H groups in total. The summed E-state index contributed by atoms with van der Waals surface area (Å²) in [7, 11) is -3.67. The first-order valence-corrected chi connectivity index (χ1v) is 5.81. The Labute approximate surface area is 78.3 Å². The highest BCUT2D eigenvalue weighted by Crippen LogP contribution is 2.34. The van der Waals surface area contributed by atoms with Crippen molar-refractivity contribution in [3.05, 3.63) is 0 Å². The van der Waals surface area contributed by atoms with Crippen molar-refractivity contribution >= 4 is 13.6 Å². The second-order valence-corrected chi connectivity index (χ2v) is 4.09. The molecule has 0 amide bonds. The van der Waals surface area contributed by atoms with Crippen LogP contribution in [-0.4, -0.2) is 28.5 Å². The Morgan fingerprint density at radius 2 is 1.85 bits per heavy atom. The summed E-state index contributed by atoms with van der Waals surface area (Å²) in [5.41, 5.74) is 0. The van der Waals surface area contributed by atoms with Crippen molar-refractivity contribution in [2.24, 2.45) is 0 Å². The molecule has 0 aliphatic carbocycles. The van der Waals surface area contributed by atoms with Gasteiger partial charge in [0, 0.05) is 13.1 Å². The van der Waals surface area contributed by atoms with Crippen LogP contribution >= 0.6 is 7.60 Å². The summed E-state index contributed by atoms with van der Waals surface area (Å²) >= 11 is 0. The Bertz CT molecular complexity index is 174. The van der Waals surface area contributed by atoms with Crippen molar-refractivity contribution in [2.45, 2.75) is 27.2 Å². The van der Waals surface area contributed by atoms with Crippen molar-refractivity contribution in [3.63, 3.8) is 0 Å². The summed E-state index contributed by atoms with van der Waals surface area (Å²) in [5.74, 6) is -0.211. The second kappa shape index (κ2) is 8.23. The third-order valence-electron chi connectivity index (χ3n) is 0.862. The van der Waals surface area contributed by atoms with E-state index >= 15 is 0 Å². The van der Waals surface area contributed by atoms with Crippen molar-refractivity contribution in [2.75, 3.05) is 12.8 Å². The highest BCUT2D eigenvalue weighted by atomic mass is 31.2. The molecule has 0 spiro atoms. The van der Waals surface area contributed by atoms with Gasteiger partial charge >= 0.3 is 13.6 Å². The fourth-order valence-electron chi connectivity index (χ4n) is 0.495. The van der Waals surface area contributed by atoms with Crippen LogP contribution < -0.4 is 0 Å². The van der Waals surface area contributed by atoms with E-state index in [1.54, 1.807) is 13.8 Å². The Balaban J connectivity index is 0. The molecule has 80 valence electrons. The first kappa shape index (κ1) is 15.1. The molecule has 0 radical (unpaired) electrons. The zero-order chi connectivity index (χ0) is 10.9. The summed E-state index contributed by atoms with van der Waals surface area (Å²) in [6, 6.07) is 0. The van der Waals surface area contributed by atoms with Crippen LogP contribution in [-0.2, 0) is 14.1 Å². The molecule has 0 unspecified atom stereocenters. The molecule has 0 bridgehead atoms. The van der Waals surface area contributed by atoms with Crippen LogP contribution in [0.1, 0.15) is 27.2 Å². The fourth-order valence-corrected chi connectivity index (χ4v) is 1.08.